The van der Waals surface area contributed by atoms with E-state index in [9.17, 15) is 22.4 Å². The summed E-state index contributed by atoms with van der Waals surface area (Å²) in [7, 11) is 0. The van der Waals surface area contributed by atoms with E-state index in [1.54, 1.807) is 0 Å². The maximum Gasteiger partial charge on any atom is 0.419 e. The van der Waals surface area contributed by atoms with E-state index in [2.05, 4.69) is 5.32 Å². The molecule has 1 aromatic rings. The van der Waals surface area contributed by atoms with Gasteiger partial charge in [0.05, 0.1) is 5.56 Å². The molecule has 0 saturated heterocycles. The Morgan fingerprint density at radius 2 is 2.06 bits per heavy atom. The van der Waals surface area contributed by atoms with Crippen LogP contribution in [0.5, 0.6) is 0 Å². The van der Waals surface area contributed by atoms with E-state index in [0.29, 0.717) is 12.1 Å². The van der Waals surface area contributed by atoms with Crippen LogP contribution in [0.25, 0.3) is 0 Å². The van der Waals surface area contributed by atoms with Crippen LogP contribution < -0.4 is 11.1 Å². The molecule has 0 radical (unpaired) electrons. The van der Waals surface area contributed by atoms with Crippen LogP contribution in [0.2, 0.25) is 0 Å². The van der Waals surface area contributed by atoms with E-state index < -0.39 is 29.6 Å². The van der Waals surface area contributed by atoms with Crippen molar-refractivity contribution in [3.05, 3.63) is 29.6 Å². The molecule has 0 saturated carbocycles. The fraction of sp³-hybridized carbons (Fsp3) is 0.300. The number of hydrogen-bond donors (Lipinski definition) is 3. The number of carbonyl (C=O) groups is 1. The van der Waals surface area contributed by atoms with Gasteiger partial charge in [-0.05, 0) is 18.2 Å². The SMILES string of the molecule is NC(CNc1ccc(F)c(C(F)(F)F)c1)C(=O)O. The van der Waals surface area contributed by atoms with Gasteiger partial charge in [-0.1, -0.05) is 0 Å². The fourth-order valence-corrected chi connectivity index (χ4v) is 1.17. The van der Waals surface area contributed by atoms with Crippen molar-refractivity contribution in [3.63, 3.8) is 0 Å². The molecule has 0 aliphatic rings. The van der Waals surface area contributed by atoms with E-state index in [1.807, 2.05) is 0 Å². The minimum absolute atomic E-state index is 0.0552. The summed E-state index contributed by atoms with van der Waals surface area (Å²) in [6.07, 6.45) is -4.81. The Morgan fingerprint density at radius 1 is 1.44 bits per heavy atom. The number of halogens is 4. The predicted molar refractivity (Wildman–Crippen MR) is 55.5 cm³/mol. The third-order valence-electron chi connectivity index (χ3n) is 2.12. The van der Waals surface area contributed by atoms with Crippen molar-refractivity contribution in [1.29, 1.82) is 0 Å². The molecule has 18 heavy (non-hydrogen) atoms. The van der Waals surface area contributed by atoms with Crippen LogP contribution in [0.1, 0.15) is 5.56 Å². The molecule has 1 aromatic carbocycles. The Morgan fingerprint density at radius 3 is 2.56 bits per heavy atom. The molecule has 0 fully saturated rings. The van der Waals surface area contributed by atoms with Crippen molar-refractivity contribution < 1.29 is 27.5 Å². The zero-order valence-electron chi connectivity index (χ0n) is 8.96. The average molecular weight is 266 g/mol. The van der Waals surface area contributed by atoms with Gasteiger partial charge in [0, 0.05) is 12.2 Å². The zero-order valence-corrected chi connectivity index (χ0v) is 8.96. The largest absolute Gasteiger partial charge is 0.480 e. The van der Waals surface area contributed by atoms with Gasteiger partial charge < -0.3 is 16.2 Å². The van der Waals surface area contributed by atoms with Gasteiger partial charge in [0.15, 0.2) is 0 Å². The molecule has 1 unspecified atom stereocenters. The van der Waals surface area contributed by atoms with Crippen molar-refractivity contribution in [2.24, 2.45) is 5.73 Å². The number of rotatable bonds is 4. The number of nitrogens with one attached hydrogen (secondary N) is 1. The summed E-state index contributed by atoms with van der Waals surface area (Å²) in [5.74, 6) is -2.68. The van der Waals surface area contributed by atoms with E-state index in [4.69, 9.17) is 10.8 Å². The Kier molecular flexibility index (Phi) is 4.12. The molecule has 0 amide bonds. The summed E-state index contributed by atoms with van der Waals surface area (Å²) in [5.41, 5.74) is 3.68. The minimum atomic E-state index is -4.81. The molecule has 1 atom stereocenters. The zero-order chi connectivity index (χ0) is 13.9. The van der Waals surface area contributed by atoms with E-state index in [1.165, 1.54) is 0 Å². The Hall–Kier alpha value is -1.83. The first-order valence-corrected chi connectivity index (χ1v) is 4.81. The molecule has 0 aliphatic carbocycles. The van der Waals surface area contributed by atoms with Gasteiger partial charge in [-0.3, -0.25) is 4.79 Å². The van der Waals surface area contributed by atoms with E-state index in [-0.39, 0.29) is 12.2 Å². The number of aliphatic carboxylic acids is 1. The topological polar surface area (TPSA) is 75.3 Å². The molecule has 4 N–H and O–H groups in total. The van der Waals surface area contributed by atoms with Gasteiger partial charge in [0.25, 0.3) is 0 Å². The summed E-state index contributed by atoms with van der Waals surface area (Å²) < 4.78 is 50.0. The van der Waals surface area contributed by atoms with Crippen LogP contribution in [-0.2, 0) is 11.0 Å². The van der Waals surface area contributed by atoms with Crippen LogP contribution in [0.4, 0.5) is 23.2 Å². The van der Waals surface area contributed by atoms with Crippen molar-refractivity contribution in [2.75, 3.05) is 11.9 Å². The number of alkyl halides is 3. The number of carboxylic acid groups (broad SMARTS) is 1. The molecule has 8 heteroatoms. The summed E-state index contributed by atoms with van der Waals surface area (Å²) in [4.78, 5) is 10.4. The number of nitrogens with two attached hydrogens (primary N) is 1. The Bertz CT molecular complexity index is 448. The lowest BCUT2D eigenvalue weighted by Gasteiger charge is -2.13. The van der Waals surface area contributed by atoms with Crippen molar-refractivity contribution in [1.82, 2.24) is 0 Å². The highest BCUT2D eigenvalue weighted by Crippen LogP contribution is 2.32. The monoisotopic (exact) mass is 266 g/mol. The lowest BCUT2D eigenvalue weighted by atomic mass is 10.1. The third kappa shape index (κ3) is 3.59. The smallest absolute Gasteiger partial charge is 0.419 e. The first kappa shape index (κ1) is 14.2. The van der Waals surface area contributed by atoms with E-state index >= 15 is 0 Å². The Labute approximate surface area is 99.4 Å². The molecular formula is C10H10F4N2O2. The number of anilines is 1. The van der Waals surface area contributed by atoms with Gasteiger partial charge in [-0.2, -0.15) is 13.2 Å². The van der Waals surface area contributed by atoms with Gasteiger partial charge in [-0.25, -0.2) is 4.39 Å². The molecule has 0 aromatic heterocycles. The predicted octanol–water partition coefficient (Wildman–Crippen LogP) is 1.67. The van der Waals surface area contributed by atoms with Crippen LogP contribution in [-0.4, -0.2) is 23.7 Å². The normalized spacial score (nSPS) is 13.2. The quantitative estimate of drug-likeness (QED) is 0.724. The average Bonchev–Trinajstić information content (AvgIpc) is 2.25. The van der Waals surface area contributed by atoms with Crippen LogP contribution in [0.3, 0.4) is 0 Å². The van der Waals surface area contributed by atoms with Crippen LogP contribution in [0, 0.1) is 5.82 Å². The lowest BCUT2D eigenvalue weighted by Crippen LogP contribution is -2.36. The van der Waals surface area contributed by atoms with Crippen molar-refractivity contribution in [3.8, 4) is 0 Å². The third-order valence-corrected chi connectivity index (χ3v) is 2.12. The molecule has 100 valence electrons. The molecule has 0 spiro atoms. The molecule has 0 aliphatic heterocycles. The first-order chi connectivity index (χ1) is 8.21. The summed E-state index contributed by atoms with van der Waals surface area (Å²) in [6, 6.07) is 1.02. The second-order valence-electron chi connectivity index (χ2n) is 3.52. The summed E-state index contributed by atoms with van der Waals surface area (Å²) >= 11 is 0. The Balaban J connectivity index is 2.83. The highest BCUT2D eigenvalue weighted by molar-refractivity contribution is 5.74. The minimum Gasteiger partial charge on any atom is -0.480 e. The van der Waals surface area contributed by atoms with E-state index in [0.717, 1.165) is 6.07 Å². The fourth-order valence-electron chi connectivity index (χ4n) is 1.17. The van der Waals surface area contributed by atoms with Gasteiger partial charge >= 0.3 is 12.1 Å². The summed E-state index contributed by atoms with van der Waals surface area (Å²) in [6.45, 7) is -0.266. The van der Waals surface area contributed by atoms with Crippen LogP contribution >= 0.6 is 0 Å². The second-order valence-corrected chi connectivity index (χ2v) is 3.52. The second kappa shape index (κ2) is 5.21. The number of benzene rings is 1. The molecular weight excluding hydrogens is 256 g/mol. The number of carboxylic acids is 1. The molecule has 4 nitrogen and oxygen atoms in total. The number of hydrogen-bond acceptors (Lipinski definition) is 3. The molecule has 0 heterocycles. The van der Waals surface area contributed by atoms with Crippen molar-refractivity contribution in [2.45, 2.75) is 12.2 Å². The molecule has 0 bridgehead atoms. The molecule has 1 rings (SSSR count). The summed E-state index contributed by atoms with van der Waals surface area (Å²) in [5, 5.41) is 10.9. The standard InChI is InChI=1S/C10H10F4N2O2/c11-7-2-1-5(3-6(7)10(12,13)14)16-4-8(15)9(17)18/h1-3,8,16H,4,15H2,(H,17,18). The highest BCUT2D eigenvalue weighted by atomic mass is 19.4. The van der Waals surface area contributed by atoms with Crippen molar-refractivity contribution >= 4 is 11.7 Å². The van der Waals surface area contributed by atoms with Gasteiger partial charge in [-0.15, -0.1) is 0 Å². The highest BCUT2D eigenvalue weighted by Gasteiger charge is 2.34. The van der Waals surface area contributed by atoms with Gasteiger partial charge in [0.1, 0.15) is 11.9 Å². The maximum atomic E-state index is 12.9. The van der Waals surface area contributed by atoms with Gasteiger partial charge in [0.2, 0.25) is 0 Å². The lowest BCUT2D eigenvalue weighted by molar-refractivity contribution is -0.140. The first-order valence-electron chi connectivity index (χ1n) is 4.81. The maximum absolute atomic E-state index is 12.9. The van der Waals surface area contributed by atoms with Crippen LogP contribution in [0.15, 0.2) is 18.2 Å².